The minimum atomic E-state index is 0.157. The molecular formula is C25H26N2O2S. The molecule has 0 amide bonds. The summed E-state index contributed by atoms with van der Waals surface area (Å²) in [6, 6.07) is 17.6. The summed E-state index contributed by atoms with van der Waals surface area (Å²) in [6.45, 7) is 4.77. The van der Waals surface area contributed by atoms with Crippen LogP contribution in [0.1, 0.15) is 45.1 Å². The Balaban J connectivity index is 1.38. The zero-order valence-electron chi connectivity index (χ0n) is 17.3. The number of hydrogen-bond donors (Lipinski definition) is 1. The highest BCUT2D eigenvalue weighted by Crippen LogP contribution is 2.44. The number of benzene rings is 2. The SMILES string of the molecule is CC1(C)CCC[C@@H]2N=C(c3cccc(Oc4ccc5cccc(O)c5n4)c3)S[C@H]2C1. The maximum atomic E-state index is 10.1. The summed E-state index contributed by atoms with van der Waals surface area (Å²) >= 11 is 1.93. The zero-order valence-corrected chi connectivity index (χ0v) is 18.2. The number of ether oxygens (including phenoxy) is 1. The topological polar surface area (TPSA) is 54.7 Å². The molecule has 1 aliphatic heterocycles. The average molecular weight is 419 g/mol. The van der Waals surface area contributed by atoms with Crippen LogP contribution < -0.4 is 4.74 Å². The van der Waals surface area contributed by atoms with E-state index in [0.717, 1.165) is 21.7 Å². The molecule has 2 heterocycles. The third-order valence-electron chi connectivity index (χ3n) is 6.06. The summed E-state index contributed by atoms with van der Waals surface area (Å²) < 4.78 is 6.03. The van der Waals surface area contributed by atoms with E-state index >= 15 is 0 Å². The van der Waals surface area contributed by atoms with Gasteiger partial charge in [-0.25, -0.2) is 4.98 Å². The molecule has 1 fully saturated rings. The lowest BCUT2D eigenvalue weighted by Crippen LogP contribution is -2.21. The van der Waals surface area contributed by atoms with Crippen molar-refractivity contribution in [2.75, 3.05) is 0 Å². The molecular weight excluding hydrogens is 392 g/mol. The van der Waals surface area contributed by atoms with Crippen LogP contribution in [0.4, 0.5) is 0 Å². The maximum absolute atomic E-state index is 10.1. The van der Waals surface area contributed by atoms with Gasteiger partial charge in [-0.15, -0.1) is 11.8 Å². The normalized spacial score (nSPS) is 22.9. The van der Waals surface area contributed by atoms with Gasteiger partial charge in [0.25, 0.3) is 0 Å². The predicted octanol–water partition coefficient (Wildman–Crippen LogP) is 6.56. The van der Waals surface area contributed by atoms with Crippen LogP contribution in [0, 0.1) is 5.41 Å². The Morgan fingerprint density at radius 1 is 1.10 bits per heavy atom. The minimum absolute atomic E-state index is 0.157. The number of aromatic hydroxyl groups is 1. The van der Waals surface area contributed by atoms with E-state index < -0.39 is 0 Å². The van der Waals surface area contributed by atoms with Gasteiger partial charge in [0, 0.05) is 22.3 Å². The molecule has 3 aromatic rings. The van der Waals surface area contributed by atoms with Gasteiger partial charge in [-0.3, -0.25) is 4.99 Å². The average Bonchev–Trinajstić information content (AvgIpc) is 3.04. The number of aromatic nitrogens is 1. The van der Waals surface area contributed by atoms with E-state index in [1.807, 2.05) is 54.2 Å². The van der Waals surface area contributed by atoms with Crippen LogP contribution in [0.5, 0.6) is 17.4 Å². The lowest BCUT2D eigenvalue weighted by Gasteiger charge is -2.25. The van der Waals surface area contributed by atoms with Crippen LogP contribution in [0.15, 0.2) is 59.6 Å². The summed E-state index contributed by atoms with van der Waals surface area (Å²) in [5.74, 6) is 1.35. The minimum Gasteiger partial charge on any atom is -0.506 e. The Kier molecular flexibility index (Phi) is 4.94. The van der Waals surface area contributed by atoms with E-state index in [9.17, 15) is 5.11 Å². The summed E-state index contributed by atoms with van der Waals surface area (Å²) in [5.41, 5.74) is 2.05. The van der Waals surface area contributed by atoms with Crippen molar-refractivity contribution >= 4 is 27.7 Å². The van der Waals surface area contributed by atoms with E-state index in [-0.39, 0.29) is 5.75 Å². The number of rotatable bonds is 3. The number of aliphatic imine (C=N–C) groups is 1. The number of nitrogens with zero attached hydrogens (tertiary/aromatic N) is 2. The van der Waals surface area contributed by atoms with Crippen molar-refractivity contribution in [1.82, 2.24) is 4.98 Å². The molecule has 5 heteroatoms. The molecule has 1 saturated carbocycles. The second-order valence-electron chi connectivity index (χ2n) is 9.05. The fourth-order valence-electron chi connectivity index (χ4n) is 4.48. The van der Waals surface area contributed by atoms with Crippen LogP contribution in [-0.2, 0) is 0 Å². The Morgan fingerprint density at radius 2 is 1.97 bits per heavy atom. The van der Waals surface area contributed by atoms with Gasteiger partial charge in [-0.05, 0) is 48.9 Å². The van der Waals surface area contributed by atoms with E-state index in [1.165, 1.54) is 25.7 Å². The van der Waals surface area contributed by atoms with Crippen LogP contribution in [0.25, 0.3) is 10.9 Å². The van der Waals surface area contributed by atoms with E-state index in [4.69, 9.17) is 9.73 Å². The molecule has 0 bridgehead atoms. The standard InChI is InChI=1S/C25H26N2O2S/c1-25(2)13-5-9-19-21(15-25)30-24(26-19)17-7-3-8-18(14-17)29-22-12-11-16-6-4-10-20(28)23(16)27-22/h3-4,6-8,10-12,14,19,21,28H,5,9,13,15H2,1-2H3/t19-,21-/m0/s1. The molecule has 1 N–H and O–H groups in total. The summed E-state index contributed by atoms with van der Waals surface area (Å²) in [5, 5.41) is 12.7. The molecule has 0 saturated heterocycles. The highest BCUT2D eigenvalue weighted by Gasteiger charge is 2.37. The lowest BCUT2D eigenvalue weighted by atomic mass is 9.85. The number of phenolic OH excluding ortho intramolecular Hbond substituents is 1. The molecule has 1 aromatic heterocycles. The van der Waals surface area contributed by atoms with Crippen molar-refractivity contribution < 1.29 is 9.84 Å². The molecule has 154 valence electrons. The highest BCUT2D eigenvalue weighted by molar-refractivity contribution is 8.15. The molecule has 0 spiro atoms. The van der Waals surface area contributed by atoms with Crippen LogP contribution in [-0.4, -0.2) is 26.4 Å². The van der Waals surface area contributed by atoms with Crippen molar-refractivity contribution in [1.29, 1.82) is 0 Å². The Hall–Kier alpha value is -2.53. The Bertz CT molecular complexity index is 1130. The molecule has 30 heavy (non-hydrogen) atoms. The second-order valence-corrected chi connectivity index (χ2v) is 10.3. The predicted molar refractivity (Wildman–Crippen MR) is 124 cm³/mol. The molecule has 0 radical (unpaired) electrons. The fourth-order valence-corrected chi connectivity index (χ4v) is 6.11. The van der Waals surface area contributed by atoms with Crippen molar-refractivity contribution in [2.45, 2.75) is 50.8 Å². The van der Waals surface area contributed by atoms with E-state index in [0.29, 0.717) is 28.1 Å². The van der Waals surface area contributed by atoms with Crippen molar-refractivity contribution in [3.05, 3.63) is 60.2 Å². The highest BCUT2D eigenvalue weighted by atomic mass is 32.2. The van der Waals surface area contributed by atoms with E-state index in [1.54, 1.807) is 6.07 Å². The number of pyridine rings is 1. The number of phenols is 1. The molecule has 4 nitrogen and oxygen atoms in total. The van der Waals surface area contributed by atoms with E-state index in [2.05, 4.69) is 24.9 Å². The lowest BCUT2D eigenvalue weighted by molar-refractivity contribution is 0.317. The van der Waals surface area contributed by atoms with Gasteiger partial charge >= 0.3 is 0 Å². The number of fused-ring (bicyclic) bond motifs is 2. The number of thioether (sulfide) groups is 1. The number of hydrogen-bond acceptors (Lipinski definition) is 5. The van der Waals surface area contributed by atoms with Crippen molar-refractivity contribution in [3.63, 3.8) is 0 Å². The van der Waals surface area contributed by atoms with Gasteiger partial charge in [0.15, 0.2) is 0 Å². The van der Waals surface area contributed by atoms with Gasteiger partial charge in [-0.1, -0.05) is 44.5 Å². The third kappa shape index (κ3) is 3.91. The fraction of sp³-hybridized carbons (Fsp3) is 0.360. The second kappa shape index (κ2) is 7.62. The van der Waals surface area contributed by atoms with Crippen molar-refractivity contribution in [2.24, 2.45) is 10.4 Å². The summed E-state index contributed by atoms with van der Waals surface area (Å²) in [6.07, 6.45) is 4.96. The zero-order chi connectivity index (χ0) is 20.7. The Morgan fingerprint density at radius 3 is 2.87 bits per heavy atom. The maximum Gasteiger partial charge on any atom is 0.219 e. The Labute approximate surface area is 181 Å². The van der Waals surface area contributed by atoms with Gasteiger partial charge in [0.1, 0.15) is 17.0 Å². The van der Waals surface area contributed by atoms with Crippen LogP contribution in [0.2, 0.25) is 0 Å². The van der Waals surface area contributed by atoms with Crippen LogP contribution in [0.3, 0.4) is 0 Å². The van der Waals surface area contributed by atoms with Gasteiger partial charge in [0.2, 0.25) is 5.88 Å². The van der Waals surface area contributed by atoms with Crippen LogP contribution >= 0.6 is 11.8 Å². The first kappa shape index (κ1) is 19.4. The van der Waals surface area contributed by atoms with Gasteiger partial charge in [0.05, 0.1) is 11.1 Å². The first-order valence-corrected chi connectivity index (χ1v) is 11.5. The van der Waals surface area contributed by atoms with Gasteiger partial charge < -0.3 is 9.84 Å². The first-order valence-electron chi connectivity index (χ1n) is 10.6. The summed E-state index contributed by atoms with van der Waals surface area (Å²) in [4.78, 5) is 9.56. The smallest absolute Gasteiger partial charge is 0.219 e. The van der Waals surface area contributed by atoms with Crippen molar-refractivity contribution in [3.8, 4) is 17.4 Å². The third-order valence-corrected chi connectivity index (χ3v) is 7.41. The quantitative estimate of drug-likeness (QED) is 0.523. The van der Waals surface area contributed by atoms with Gasteiger partial charge in [-0.2, -0.15) is 0 Å². The molecule has 2 aliphatic rings. The summed E-state index contributed by atoms with van der Waals surface area (Å²) in [7, 11) is 0. The first-order chi connectivity index (χ1) is 14.5. The monoisotopic (exact) mass is 418 g/mol. The molecule has 2 aromatic carbocycles. The number of para-hydroxylation sites is 1. The molecule has 0 unspecified atom stereocenters. The largest absolute Gasteiger partial charge is 0.506 e. The molecule has 1 aliphatic carbocycles. The molecule has 5 rings (SSSR count). The molecule has 2 atom stereocenters.